The van der Waals surface area contributed by atoms with E-state index in [9.17, 15) is 23.4 Å². The first-order valence-electron chi connectivity index (χ1n) is 5.93. The third-order valence-corrected chi connectivity index (χ3v) is 2.87. The highest BCUT2D eigenvalue weighted by molar-refractivity contribution is 5.42. The number of nitriles is 1. The van der Waals surface area contributed by atoms with Crippen LogP contribution in [0, 0.1) is 11.3 Å². The van der Waals surface area contributed by atoms with Gasteiger partial charge in [-0.1, -0.05) is 6.07 Å². The van der Waals surface area contributed by atoms with Crippen molar-refractivity contribution < 1.29 is 23.4 Å². The second-order valence-corrected chi connectivity index (χ2v) is 4.32. The molecule has 0 aromatic heterocycles. The van der Waals surface area contributed by atoms with Gasteiger partial charge in [0.2, 0.25) is 0 Å². The van der Waals surface area contributed by atoms with Crippen LogP contribution in [-0.2, 0) is 6.18 Å². The monoisotopic (exact) mass is 288 g/mol. The van der Waals surface area contributed by atoms with Crippen molar-refractivity contribution in [2.45, 2.75) is 24.8 Å². The highest BCUT2D eigenvalue weighted by atomic mass is 19.4. The molecule has 2 atom stereocenters. The molecule has 0 heterocycles. The van der Waals surface area contributed by atoms with Gasteiger partial charge in [-0.3, -0.25) is 0 Å². The molecule has 0 saturated heterocycles. The van der Waals surface area contributed by atoms with E-state index >= 15 is 0 Å². The number of nitrogens with one attached hydrogen (secondary N) is 1. The van der Waals surface area contributed by atoms with Gasteiger partial charge in [0.25, 0.3) is 0 Å². The Morgan fingerprint density at radius 1 is 1.35 bits per heavy atom. The maximum absolute atomic E-state index is 12.8. The van der Waals surface area contributed by atoms with Crippen LogP contribution in [0.15, 0.2) is 18.2 Å². The van der Waals surface area contributed by atoms with Gasteiger partial charge in [0.1, 0.15) is 6.10 Å². The second-order valence-electron chi connectivity index (χ2n) is 4.32. The molecule has 0 bridgehead atoms. The summed E-state index contributed by atoms with van der Waals surface area (Å²) in [4.78, 5) is 0. The largest absolute Gasteiger partial charge is 0.417 e. The molecule has 20 heavy (non-hydrogen) atoms. The maximum Gasteiger partial charge on any atom is 0.417 e. The van der Waals surface area contributed by atoms with Crippen molar-refractivity contribution in [3.63, 3.8) is 0 Å². The van der Waals surface area contributed by atoms with Crippen molar-refractivity contribution in [2.75, 3.05) is 13.6 Å². The Labute approximate surface area is 114 Å². The fraction of sp³-hybridized carbons (Fsp3) is 0.462. The number of aliphatic hydroxyl groups excluding tert-OH is 2. The van der Waals surface area contributed by atoms with Gasteiger partial charge in [-0.2, -0.15) is 18.4 Å². The topological polar surface area (TPSA) is 76.3 Å². The Morgan fingerprint density at radius 3 is 2.50 bits per heavy atom. The molecule has 0 saturated carbocycles. The van der Waals surface area contributed by atoms with E-state index in [4.69, 9.17) is 5.26 Å². The fourth-order valence-corrected chi connectivity index (χ4v) is 1.75. The van der Waals surface area contributed by atoms with Crippen LogP contribution in [0.4, 0.5) is 13.2 Å². The number of hydrogen-bond donors (Lipinski definition) is 3. The van der Waals surface area contributed by atoms with E-state index in [1.165, 1.54) is 12.1 Å². The summed E-state index contributed by atoms with van der Waals surface area (Å²) in [6, 6.07) is 4.36. The van der Waals surface area contributed by atoms with Crippen molar-refractivity contribution in [2.24, 2.45) is 0 Å². The number of halogens is 3. The maximum atomic E-state index is 12.8. The van der Waals surface area contributed by atoms with E-state index in [0.717, 1.165) is 6.07 Å². The summed E-state index contributed by atoms with van der Waals surface area (Å²) in [5.41, 5.74) is -1.70. The predicted molar refractivity (Wildman–Crippen MR) is 65.7 cm³/mol. The van der Waals surface area contributed by atoms with E-state index in [2.05, 4.69) is 5.32 Å². The van der Waals surface area contributed by atoms with Crippen LogP contribution in [0.1, 0.15) is 29.2 Å². The molecule has 0 amide bonds. The molecule has 2 unspecified atom stereocenters. The van der Waals surface area contributed by atoms with E-state index in [1.807, 2.05) is 0 Å². The molecule has 4 nitrogen and oxygen atoms in total. The van der Waals surface area contributed by atoms with Crippen LogP contribution in [0.25, 0.3) is 0 Å². The number of nitrogens with zero attached hydrogens (tertiary/aromatic N) is 1. The van der Waals surface area contributed by atoms with Crippen LogP contribution >= 0.6 is 0 Å². The Kier molecular flexibility index (Phi) is 5.51. The van der Waals surface area contributed by atoms with E-state index in [-0.39, 0.29) is 12.0 Å². The molecule has 0 aliphatic rings. The first-order valence-corrected chi connectivity index (χ1v) is 5.93. The Hall–Kier alpha value is -1.62. The average Bonchev–Trinajstić information content (AvgIpc) is 2.42. The summed E-state index contributed by atoms with van der Waals surface area (Å²) >= 11 is 0. The number of aliphatic hydroxyl groups is 2. The highest BCUT2D eigenvalue weighted by Gasteiger charge is 2.34. The average molecular weight is 288 g/mol. The van der Waals surface area contributed by atoms with Crippen molar-refractivity contribution in [1.82, 2.24) is 5.32 Å². The molecule has 0 aliphatic heterocycles. The van der Waals surface area contributed by atoms with Gasteiger partial charge in [0.05, 0.1) is 23.3 Å². The lowest BCUT2D eigenvalue weighted by atomic mass is 9.97. The van der Waals surface area contributed by atoms with Gasteiger partial charge < -0.3 is 15.5 Å². The first kappa shape index (κ1) is 16.4. The number of hydrogen-bond acceptors (Lipinski definition) is 4. The zero-order valence-corrected chi connectivity index (χ0v) is 10.8. The molecule has 0 radical (unpaired) electrons. The van der Waals surface area contributed by atoms with Crippen LogP contribution in [-0.4, -0.2) is 29.9 Å². The van der Waals surface area contributed by atoms with Crippen LogP contribution in [0.5, 0.6) is 0 Å². The molecule has 7 heteroatoms. The lowest BCUT2D eigenvalue weighted by Crippen LogP contribution is -2.23. The molecule has 1 rings (SSSR count). The van der Waals surface area contributed by atoms with Crippen molar-refractivity contribution in [3.05, 3.63) is 34.9 Å². The van der Waals surface area contributed by atoms with E-state index < -0.39 is 29.5 Å². The van der Waals surface area contributed by atoms with E-state index in [1.54, 1.807) is 7.05 Å². The molecular weight excluding hydrogens is 273 g/mol. The number of rotatable bonds is 5. The Balaban J connectivity index is 3.06. The Morgan fingerprint density at radius 2 is 2.00 bits per heavy atom. The first-order chi connectivity index (χ1) is 9.31. The predicted octanol–water partition coefficient (Wildman–Crippen LogP) is 1.58. The van der Waals surface area contributed by atoms with Crippen LogP contribution in [0.3, 0.4) is 0 Å². The molecule has 1 aromatic carbocycles. The summed E-state index contributed by atoms with van der Waals surface area (Å²) in [5.74, 6) is 0. The summed E-state index contributed by atoms with van der Waals surface area (Å²) in [6.07, 6.45) is -7.11. The fourth-order valence-electron chi connectivity index (χ4n) is 1.75. The van der Waals surface area contributed by atoms with Crippen LogP contribution < -0.4 is 5.32 Å². The van der Waals surface area contributed by atoms with Crippen molar-refractivity contribution in [3.8, 4) is 6.07 Å². The van der Waals surface area contributed by atoms with Gasteiger partial charge >= 0.3 is 6.18 Å². The minimum atomic E-state index is -4.68. The van der Waals surface area contributed by atoms with Gasteiger partial charge in [-0.25, -0.2) is 0 Å². The lowest BCUT2D eigenvalue weighted by molar-refractivity contribution is -0.137. The smallest absolute Gasteiger partial charge is 0.390 e. The quantitative estimate of drug-likeness (QED) is 0.769. The van der Waals surface area contributed by atoms with E-state index in [0.29, 0.717) is 12.6 Å². The molecule has 1 aromatic rings. The Bertz CT molecular complexity index is 497. The summed E-state index contributed by atoms with van der Waals surface area (Å²) in [6.45, 7) is 0.417. The number of benzene rings is 1. The molecule has 110 valence electrons. The van der Waals surface area contributed by atoms with Gasteiger partial charge in [0, 0.05) is 0 Å². The minimum Gasteiger partial charge on any atom is -0.390 e. The summed E-state index contributed by atoms with van der Waals surface area (Å²) in [5, 5.41) is 31.0. The third-order valence-electron chi connectivity index (χ3n) is 2.87. The molecular formula is C13H15F3N2O2. The lowest BCUT2D eigenvalue weighted by Gasteiger charge is -2.19. The van der Waals surface area contributed by atoms with Gasteiger partial charge in [-0.05, 0) is 37.7 Å². The SMILES string of the molecule is CNCCC(O)C(O)c1ccc(C#N)c(C(F)(F)F)c1. The second kappa shape index (κ2) is 6.70. The standard InChI is InChI=1S/C13H15F3N2O2/c1-18-5-4-11(19)12(20)8-2-3-9(7-17)10(6-8)13(14,15)16/h2-3,6,11-12,18-20H,4-5H2,1H3. The van der Waals surface area contributed by atoms with Crippen molar-refractivity contribution >= 4 is 0 Å². The third kappa shape index (κ3) is 3.93. The minimum absolute atomic E-state index is 0.0695. The molecule has 3 N–H and O–H groups in total. The van der Waals surface area contributed by atoms with Crippen molar-refractivity contribution in [1.29, 1.82) is 5.26 Å². The van der Waals surface area contributed by atoms with Crippen LogP contribution in [0.2, 0.25) is 0 Å². The van der Waals surface area contributed by atoms with Gasteiger partial charge in [0.15, 0.2) is 0 Å². The van der Waals surface area contributed by atoms with Gasteiger partial charge in [-0.15, -0.1) is 0 Å². The molecule has 0 fully saturated rings. The summed E-state index contributed by atoms with van der Waals surface area (Å²) < 4.78 is 38.3. The number of alkyl halides is 3. The highest BCUT2D eigenvalue weighted by Crippen LogP contribution is 2.34. The normalized spacial score (nSPS) is 14.7. The summed E-state index contributed by atoms with van der Waals surface area (Å²) in [7, 11) is 1.66. The zero-order valence-electron chi connectivity index (χ0n) is 10.8. The zero-order chi connectivity index (χ0) is 15.3. The molecule has 0 spiro atoms. The molecule has 0 aliphatic carbocycles.